The monoisotopic (exact) mass is 338 g/mol. The molecule has 0 aliphatic heterocycles. The fraction of sp³-hybridized carbons (Fsp3) is 0.864. The smallest absolute Gasteiger partial charge is 0.333 e. The molecule has 0 heterocycles. The zero-order chi connectivity index (χ0) is 17.9. The van der Waals surface area contributed by atoms with Crippen LogP contribution < -0.4 is 0 Å². The predicted octanol–water partition coefficient (Wildman–Crippen LogP) is 7.37. The van der Waals surface area contributed by atoms with Crippen LogP contribution in [0.1, 0.15) is 117 Å². The Morgan fingerprint density at radius 2 is 1.12 bits per heavy atom. The number of esters is 1. The molecule has 0 aromatic heterocycles. The summed E-state index contributed by atoms with van der Waals surface area (Å²) in [6, 6.07) is 0. The number of carbonyl (C=O) groups is 1. The van der Waals surface area contributed by atoms with Gasteiger partial charge in [-0.2, -0.15) is 0 Å². The van der Waals surface area contributed by atoms with Gasteiger partial charge in [-0.15, -0.1) is 0 Å². The van der Waals surface area contributed by atoms with Crippen LogP contribution in [-0.2, 0) is 9.53 Å². The Morgan fingerprint density at radius 1 is 0.708 bits per heavy atom. The lowest BCUT2D eigenvalue weighted by Gasteiger charge is -2.05. The van der Waals surface area contributed by atoms with E-state index in [-0.39, 0.29) is 5.97 Å². The van der Waals surface area contributed by atoms with Gasteiger partial charge >= 0.3 is 5.97 Å². The Kier molecular flexibility index (Phi) is 17.9. The molecule has 2 nitrogen and oxygen atoms in total. The van der Waals surface area contributed by atoms with Gasteiger partial charge in [0, 0.05) is 5.57 Å². The summed E-state index contributed by atoms with van der Waals surface area (Å²) in [7, 11) is 0. The van der Waals surface area contributed by atoms with Gasteiger partial charge in [-0.05, 0) is 19.8 Å². The number of allylic oxidation sites excluding steroid dienone is 1. The molecule has 0 atom stereocenters. The van der Waals surface area contributed by atoms with E-state index in [1.807, 2.05) is 19.9 Å². The first kappa shape index (κ1) is 23.2. The molecule has 0 amide bonds. The molecule has 0 aromatic rings. The summed E-state index contributed by atoms with van der Waals surface area (Å²) in [5.74, 6) is -0.147. The van der Waals surface area contributed by atoms with E-state index in [4.69, 9.17) is 4.74 Å². The maximum atomic E-state index is 11.6. The summed E-state index contributed by atoms with van der Waals surface area (Å²) in [5.41, 5.74) is 0.739. The van der Waals surface area contributed by atoms with Crippen LogP contribution in [0.15, 0.2) is 11.6 Å². The van der Waals surface area contributed by atoms with Crippen molar-refractivity contribution in [2.24, 2.45) is 0 Å². The van der Waals surface area contributed by atoms with Crippen LogP contribution in [0, 0.1) is 0 Å². The van der Waals surface area contributed by atoms with Gasteiger partial charge in [0.1, 0.15) is 0 Å². The van der Waals surface area contributed by atoms with Crippen LogP contribution >= 0.6 is 0 Å². The molecule has 0 saturated heterocycles. The highest BCUT2D eigenvalue weighted by Crippen LogP contribution is 2.13. The van der Waals surface area contributed by atoms with E-state index in [9.17, 15) is 4.79 Å². The molecule has 0 aromatic carbocycles. The summed E-state index contributed by atoms with van der Waals surface area (Å²) in [4.78, 5) is 11.6. The first-order chi connectivity index (χ1) is 11.7. The molecule has 0 spiro atoms. The zero-order valence-corrected chi connectivity index (χ0v) is 16.7. The van der Waals surface area contributed by atoms with Crippen molar-refractivity contribution >= 4 is 5.97 Å². The van der Waals surface area contributed by atoms with Crippen LogP contribution in [0.5, 0.6) is 0 Å². The van der Waals surface area contributed by atoms with Crippen molar-refractivity contribution in [1.29, 1.82) is 0 Å². The van der Waals surface area contributed by atoms with E-state index >= 15 is 0 Å². The first-order valence-corrected chi connectivity index (χ1v) is 10.6. The van der Waals surface area contributed by atoms with E-state index in [2.05, 4.69) is 6.92 Å². The normalized spacial score (nSPS) is 11.7. The minimum absolute atomic E-state index is 0.147. The van der Waals surface area contributed by atoms with Crippen molar-refractivity contribution in [2.45, 2.75) is 117 Å². The van der Waals surface area contributed by atoms with Crippen molar-refractivity contribution in [3.8, 4) is 0 Å². The molecule has 0 aliphatic rings. The van der Waals surface area contributed by atoms with Crippen LogP contribution in [-0.4, -0.2) is 12.6 Å². The second-order valence-electron chi connectivity index (χ2n) is 7.03. The van der Waals surface area contributed by atoms with Gasteiger partial charge < -0.3 is 4.74 Å². The van der Waals surface area contributed by atoms with Crippen molar-refractivity contribution in [3.63, 3.8) is 0 Å². The maximum absolute atomic E-state index is 11.6. The maximum Gasteiger partial charge on any atom is 0.333 e. The SMILES string of the molecule is CC/C=C(\C)C(=O)OCCCCCCCCCCCCCCCC. The summed E-state index contributed by atoms with van der Waals surface area (Å²) >= 11 is 0. The molecule has 0 aliphatic carbocycles. The molecule has 0 saturated carbocycles. The minimum Gasteiger partial charge on any atom is -0.462 e. The molecule has 0 bridgehead atoms. The predicted molar refractivity (Wildman–Crippen MR) is 105 cm³/mol. The van der Waals surface area contributed by atoms with Gasteiger partial charge in [0.25, 0.3) is 0 Å². The minimum atomic E-state index is -0.147. The number of rotatable bonds is 17. The lowest BCUT2D eigenvalue weighted by Crippen LogP contribution is -2.07. The number of hydrogen-bond donors (Lipinski definition) is 0. The topological polar surface area (TPSA) is 26.3 Å². The third-order valence-corrected chi connectivity index (χ3v) is 4.56. The Bertz CT molecular complexity index is 307. The molecular weight excluding hydrogens is 296 g/mol. The number of ether oxygens (including phenoxy) is 1. The molecular formula is C22H42O2. The fourth-order valence-corrected chi connectivity index (χ4v) is 2.96. The van der Waals surface area contributed by atoms with E-state index < -0.39 is 0 Å². The van der Waals surface area contributed by atoms with Gasteiger partial charge in [0.05, 0.1) is 6.61 Å². The average molecular weight is 339 g/mol. The van der Waals surface area contributed by atoms with E-state index in [0.717, 1.165) is 18.4 Å². The molecule has 0 fully saturated rings. The average Bonchev–Trinajstić information content (AvgIpc) is 2.58. The first-order valence-electron chi connectivity index (χ1n) is 10.6. The van der Waals surface area contributed by atoms with Gasteiger partial charge in [-0.1, -0.05) is 103 Å². The zero-order valence-electron chi connectivity index (χ0n) is 16.7. The highest BCUT2D eigenvalue weighted by atomic mass is 16.5. The third-order valence-electron chi connectivity index (χ3n) is 4.56. The summed E-state index contributed by atoms with van der Waals surface area (Å²) in [6.45, 7) is 6.71. The van der Waals surface area contributed by atoms with Crippen LogP contribution in [0.4, 0.5) is 0 Å². The highest BCUT2D eigenvalue weighted by Gasteiger charge is 2.03. The number of carbonyl (C=O) groups excluding carboxylic acids is 1. The van der Waals surface area contributed by atoms with E-state index in [1.54, 1.807) is 0 Å². The molecule has 142 valence electrons. The van der Waals surface area contributed by atoms with Gasteiger partial charge in [0.15, 0.2) is 0 Å². The Labute approximate surface area is 151 Å². The van der Waals surface area contributed by atoms with Crippen molar-refractivity contribution in [1.82, 2.24) is 0 Å². The summed E-state index contributed by atoms with van der Waals surface area (Å²) in [5, 5.41) is 0. The molecule has 0 rings (SSSR count). The Balaban J connectivity index is 3.18. The Morgan fingerprint density at radius 3 is 1.54 bits per heavy atom. The van der Waals surface area contributed by atoms with Crippen LogP contribution in [0.25, 0.3) is 0 Å². The lowest BCUT2D eigenvalue weighted by molar-refractivity contribution is -0.139. The van der Waals surface area contributed by atoms with Crippen molar-refractivity contribution in [3.05, 3.63) is 11.6 Å². The molecule has 24 heavy (non-hydrogen) atoms. The van der Waals surface area contributed by atoms with Crippen molar-refractivity contribution in [2.75, 3.05) is 6.61 Å². The van der Waals surface area contributed by atoms with E-state index in [1.165, 1.54) is 83.5 Å². The van der Waals surface area contributed by atoms with Gasteiger partial charge in [-0.3, -0.25) is 0 Å². The van der Waals surface area contributed by atoms with Gasteiger partial charge in [0.2, 0.25) is 0 Å². The van der Waals surface area contributed by atoms with Gasteiger partial charge in [-0.25, -0.2) is 4.79 Å². The van der Waals surface area contributed by atoms with Crippen LogP contribution in [0.2, 0.25) is 0 Å². The van der Waals surface area contributed by atoms with Crippen molar-refractivity contribution < 1.29 is 9.53 Å². The fourth-order valence-electron chi connectivity index (χ4n) is 2.96. The lowest BCUT2D eigenvalue weighted by atomic mass is 10.0. The quantitative estimate of drug-likeness (QED) is 0.157. The second-order valence-corrected chi connectivity index (χ2v) is 7.03. The Hall–Kier alpha value is -0.790. The molecule has 0 unspecified atom stereocenters. The van der Waals surface area contributed by atoms with Crippen LogP contribution in [0.3, 0.4) is 0 Å². The second kappa shape index (κ2) is 18.5. The third kappa shape index (κ3) is 16.1. The standard InChI is InChI=1S/C22H42O2/c1-4-6-7-8-9-10-11-12-13-14-15-16-17-18-20-24-22(23)21(3)19-5-2/h19H,4-18,20H2,1-3H3/b21-19+. The number of unbranched alkanes of at least 4 members (excludes halogenated alkanes) is 13. The largest absolute Gasteiger partial charge is 0.462 e. The van der Waals surface area contributed by atoms with E-state index in [0.29, 0.717) is 6.61 Å². The highest BCUT2D eigenvalue weighted by molar-refractivity contribution is 5.87. The molecule has 0 N–H and O–H groups in total. The molecule has 0 radical (unpaired) electrons. The summed E-state index contributed by atoms with van der Waals surface area (Å²) in [6.07, 6.45) is 21.7. The number of hydrogen-bond acceptors (Lipinski definition) is 2. The summed E-state index contributed by atoms with van der Waals surface area (Å²) < 4.78 is 5.26. The molecule has 2 heteroatoms.